The third-order valence-corrected chi connectivity index (χ3v) is 5.24. The van der Waals surface area contributed by atoms with E-state index >= 15 is 0 Å². The fourth-order valence-electron chi connectivity index (χ4n) is 2.57. The van der Waals surface area contributed by atoms with Gasteiger partial charge in [-0.1, -0.05) is 23.4 Å². The zero-order valence-electron chi connectivity index (χ0n) is 15.2. The first kappa shape index (κ1) is 18.8. The van der Waals surface area contributed by atoms with Crippen molar-refractivity contribution in [3.05, 3.63) is 59.4 Å². The van der Waals surface area contributed by atoms with Gasteiger partial charge in [-0.05, 0) is 49.2 Å². The van der Waals surface area contributed by atoms with E-state index in [1.807, 2.05) is 32.0 Å². The largest absolute Gasteiger partial charge is 0.334 e. The van der Waals surface area contributed by atoms with Gasteiger partial charge in [-0.2, -0.15) is 4.98 Å². The number of anilines is 1. The van der Waals surface area contributed by atoms with Crippen molar-refractivity contribution in [2.75, 3.05) is 11.6 Å². The van der Waals surface area contributed by atoms with Gasteiger partial charge in [-0.15, -0.1) is 0 Å². The summed E-state index contributed by atoms with van der Waals surface area (Å²) in [5.74, 6) is 0.134. The standard InChI is InChI=1S/C19H19N3O4S/c1-12-9-15(27(3,24)25)10-16(13(12)2)19-21-17(22-26-19)11-18(23)20-14-7-5-4-6-8-14/h4-10H,11H2,1-3H3,(H,20,23). The smallest absolute Gasteiger partial charge is 0.258 e. The summed E-state index contributed by atoms with van der Waals surface area (Å²) in [6.07, 6.45) is 1.09. The lowest BCUT2D eigenvalue weighted by molar-refractivity contribution is -0.115. The molecule has 1 amide bonds. The highest BCUT2D eigenvalue weighted by molar-refractivity contribution is 7.90. The number of nitrogens with zero attached hydrogens (tertiary/aromatic N) is 2. The Morgan fingerprint density at radius 1 is 1.15 bits per heavy atom. The summed E-state index contributed by atoms with van der Waals surface area (Å²) >= 11 is 0. The SMILES string of the molecule is Cc1cc(S(C)(=O)=O)cc(-c2nc(CC(=O)Nc3ccccc3)no2)c1C. The quantitative estimate of drug-likeness (QED) is 0.724. The second kappa shape index (κ2) is 7.32. The van der Waals surface area contributed by atoms with Crippen molar-refractivity contribution in [2.45, 2.75) is 25.2 Å². The number of nitrogens with one attached hydrogen (secondary N) is 1. The fourth-order valence-corrected chi connectivity index (χ4v) is 3.29. The summed E-state index contributed by atoms with van der Waals surface area (Å²) in [5.41, 5.74) is 2.86. The van der Waals surface area contributed by atoms with Gasteiger partial charge in [0.2, 0.25) is 5.91 Å². The maximum absolute atomic E-state index is 12.1. The van der Waals surface area contributed by atoms with Crippen LogP contribution in [-0.2, 0) is 21.1 Å². The van der Waals surface area contributed by atoms with E-state index in [1.54, 1.807) is 18.2 Å². The molecule has 0 atom stereocenters. The van der Waals surface area contributed by atoms with E-state index in [1.165, 1.54) is 6.07 Å². The lowest BCUT2D eigenvalue weighted by Gasteiger charge is -2.08. The molecule has 0 spiro atoms. The third kappa shape index (κ3) is 4.40. The highest BCUT2D eigenvalue weighted by atomic mass is 32.2. The van der Waals surface area contributed by atoms with Crippen LogP contribution in [0.4, 0.5) is 5.69 Å². The molecule has 2 aromatic carbocycles. The van der Waals surface area contributed by atoms with Crippen molar-refractivity contribution in [3.8, 4) is 11.5 Å². The van der Waals surface area contributed by atoms with Crippen molar-refractivity contribution in [1.82, 2.24) is 10.1 Å². The van der Waals surface area contributed by atoms with Gasteiger partial charge in [0.25, 0.3) is 5.89 Å². The molecule has 1 heterocycles. The number of carbonyl (C=O) groups excluding carboxylic acids is 1. The van der Waals surface area contributed by atoms with E-state index in [-0.39, 0.29) is 28.9 Å². The monoisotopic (exact) mass is 385 g/mol. The summed E-state index contributed by atoms with van der Waals surface area (Å²) < 4.78 is 29.0. The first-order chi connectivity index (χ1) is 12.7. The Kier molecular flexibility index (Phi) is 5.09. The van der Waals surface area contributed by atoms with Gasteiger partial charge in [-0.3, -0.25) is 4.79 Å². The average Bonchev–Trinajstić information content (AvgIpc) is 3.05. The molecule has 0 bridgehead atoms. The topological polar surface area (TPSA) is 102 Å². The van der Waals surface area contributed by atoms with Crippen LogP contribution in [0.15, 0.2) is 51.9 Å². The Balaban J connectivity index is 1.84. The van der Waals surface area contributed by atoms with Crippen LogP contribution < -0.4 is 5.32 Å². The molecule has 0 aliphatic carbocycles. The zero-order valence-corrected chi connectivity index (χ0v) is 16.0. The summed E-state index contributed by atoms with van der Waals surface area (Å²) in [6.45, 7) is 3.67. The highest BCUT2D eigenvalue weighted by Gasteiger charge is 2.18. The number of aromatic nitrogens is 2. The lowest BCUT2D eigenvalue weighted by Crippen LogP contribution is -2.15. The fraction of sp³-hybridized carbons (Fsp3) is 0.211. The minimum Gasteiger partial charge on any atom is -0.334 e. The highest BCUT2D eigenvalue weighted by Crippen LogP contribution is 2.28. The Morgan fingerprint density at radius 2 is 1.85 bits per heavy atom. The van der Waals surface area contributed by atoms with Crippen LogP contribution >= 0.6 is 0 Å². The second-order valence-corrected chi connectivity index (χ2v) is 8.31. The van der Waals surface area contributed by atoms with E-state index in [0.29, 0.717) is 11.3 Å². The van der Waals surface area contributed by atoms with Crippen LogP contribution in [0, 0.1) is 13.8 Å². The Morgan fingerprint density at radius 3 is 2.52 bits per heavy atom. The number of amides is 1. The van der Waals surface area contributed by atoms with Crippen molar-refractivity contribution in [1.29, 1.82) is 0 Å². The molecular weight excluding hydrogens is 366 g/mol. The van der Waals surface area contributed by atoms with Gasteiger partial charge in [0, 0.05) is 17.5 Å². The van der Waals surface area contributed by atoms with Gasteiger partial charge >= 0.3 is 0 Å². The summed E-state index contributed by atoms with van der Waals surface area (Å²) in [4.78, 5) is 16.6. The molecule has 3 aromatic rings. The third-order valence-electron chi connectivity index (χ3n) is 4.14. The number of hydrogen-bond donors (Lipinski definition) is 1. The van der Waals surface area contributed by atoms with Gasteiger partial charge in [0.05, 0.1) is 11.3 Å². The molecule has 0 radical (unpaired) electrons. The molecule has 0 saturated carbocycles. The van der Waals surface area contributed by atoms with Gasteiger partial charge in [-0.25, -0.2) is 8.42 Å². The molecule has 1 aromatic heterocycles. The minimum atomic E-state index is -3.37. The number of hydrogen-bond acceptors (Lipinski definition) is 6. The summed E-state index contributed by atoms with van der Waals surface area (Å²) in [5, 5.41) is 6.59. The van der Waals surface area contributed by atoms with Gasteiger partial charge in [0.15, 0.2) is 15.7 Å². The van der Waals surface area contributed by atoms with Gasteiger partial charge < -0.3 is 9.84 Å². The van der Waals surface area contributed by atoms with Crippen LogP contribution in [0.3, 0.4) is 0 Å². The number of rotatable bonds is 5. The molecular formula is C19H19N3O4S. The van der Waals surface area contributed by atoms with Crippen LogP contribution in [0.25, 0.3) is 11.5 Å². The lowest BCUT2D eigenvalue weighted by atomic mass is 10.0. The molecule has 27 heavy (non-hydrogen) atoms. The molecule has 3 rings (SSSR count). The van der Waals surface area contributed by atoms with E-state index < -0.39 is 9.84 Å². The van der Waals surface area contributed by atoms with Crippen molar-refractivity contribution in [2.24, 2.45) is 0 Å². The number of aryl methyl sites for hydroxylation is 1. The minimum absolute atomic E-state index is 0.0534. The van der Waals surface area contributed by atoms with Crippen LogP contribution in [0.1, 0.15) is 17.0 Å². The predicted molar refractivity (Wildman–Crippen MR) is 101 cm³/mol. The van der Waals surface area contributed by atoms with E-state index in [9.17, 15) is 13.2 Å². The maximum Gasteiger partial charge on any atom is 0.258 e. The first-order valence-electron chi connectivity index (χ1n) is 8.23. The molecule has 7 nitrogen and oxygen atoms in total. The first-order valence-corrected chi connectivity index (χ1v) is 10.1. The van der Waals surface area contributed by atoms with E-state index in [2.05, 4.69) is 15.5 Å². The Labute approximate surface area is 157 Å². The summed E-state index contributed by atoms with van der Waals surface area (Å²) in [6, 6.07) is 12.2. The molecule has 0 aliphatic rings. The number of benzene rings is 2. The molecule has 8 heteroatoms. The van der Waals surface area contributed by atoms with Crippen LogP contribution in [0.5, 0.6) is 0 Å². The molecule has 140 valence electrons. The number of carbonyl (C=O) groups is 1. The number of sulfone groups is 1. The van der Waals surface area contributed by atoms with Crippen LogP contribution in [0.2, 0.25) is 0 Å². The van der Waals surface area contributed by atoms with Crippen molar-refractivity contribution in [3.63, 3.8) is 0 Å². The molecule has 0 aliphatic heterocycles. The van der Waals surface area contributed by atoms with E-state index in [4.69, 9.17) is 4.52 Å². The predicted octanol–water partition coefficient (Wildman–Crippen LogP) is 2.94. The molecule has 0 unspecified atom stereocenters. The maximum atomic E-state index is 12.1. The normalized spacial score (nSPS) is 11.4. The van der Waals surface area contributed by atoms with Crippen molar-refractivity contribution < 1.29 is 17.7 Å². The van der Waals surface area contributed by atoms with Gasteiger partial charge in [0.1, 0.15) is 0 Å². The van der Waals surface area contributed by atoms with Crippen LogP contribution in [-0.4, -0.2) is 30.7 Å². The molecule has 0 fully saturated rings. The van der Waals surface area contributed by atoms with Crippen molar-refractivity contribution >= 4 is 21.4 Å². The Hall–Kier alpha value is -3.00. The summed E-state index contributed by atoms with van der Waals surface area (Å²) in [7, 11) is -3.37. The zero-order chi connectivity index (χ0) is 19.6. The average molecular weight is 385 g/mol. The Bertz CT molecular complexity index is 1090. The van der Waals surface area contributed by atoms with E-state index in [0.717, 1.165) is 17.4 Å². The molecule has 1 N–H and O–H groups in total. The molecule has 0 saturated heterocycles. The number of para-hydroxylation sites is 1. The second-order valence-electron chi connectivity index (χ2n) is 6.29.